The zero-order valence-corrected chi connectivity index (χ0v) is 24.5. The summed E-state index contributed by atoms with van der Waals surface area (Å²) in [6, 6.07) is 15.3. The largest absolute Gasteiger partial charge is 0.505 e. The van der Waals surface area contributed by atoms with Gasteiger partial charge in [-0.3, -0.25) is 4.55 Å². The molecular formula is C28H29N5O6S2. The summed E-state index contributed by atoms with van der Waals surface area (Å²) in [5.41, 5.74) is 9.61. The highest BCUT2D eigenvalue weighted by Crippen LogP contribution is 2.47. The topological polar surface area (TPSA) is 169 Å². The van der Waals surface area contributed by atoms with Crippen molar-refractivity contribution in [1.29, 1.82) is 0 Å². The Morgan fingerprint density at radius 2 is 1.61 bits per heavy atom. The number of phenols is 1. The Labute approximate surface area is 242 Å². The number of nitrogens with two attached hydrogens (primary N) is 1. The number of nitrogen functional groups attached to an aromatic ring is 1. The van der Waals surface area contributed by atoms with E-state index in [1.165, 1.54) is 6.07 Å². The van der Waals surface area contributed by atoms with E-state index in [4.69, 9.17) is 15.0 Å². The molecule has 0 saturated heterocycles. The predicted molar refractivity (Wildman–Crippen MR) is 158 cm³/mol. The molecule has 0 amide bonds. The van der Waals surface area contributed by atoms with Gasteiger partial charge in [-0.2, -0.15) is 23.0 Å². The summed E-state index contributed by atoms with van der Waals surface area (Å²) >= 11 is 1.08. The monoisotopic (exact) mass is 595 g/mol. The van der Waals surface area contributed by atoms with Gasteiger partial charge < -0.3 is 10.8 Å². The van der Waals surface area contributed by atoms with E-state index in [0.29, 0.717) is 23.5 Å². The van der Waals surface area contributed by atoms with Gasteiger partial charge in [0.25, 0.3) is 10.1 Å². The van der Waals surface area contributed by atoms with Crippen molar-refractivity contribution in [3.05, 3.63) is 71.3 Å². The summed E-state index contributed by atoms with van der Waals surface area (Å²) in [5, 5.41) is 28.3. The van der Waals surface area contributed by atoms with Gasteiger partial charge >= 0.3 is 0 Å². The van der Waals surface area contributed by atoms with Gasteiger partial charge in [-0.15, -0.1) is 10.2 Å². The van der Waals surface area contributed by atoms with E-state index < -0.39 is 26.5 Å². The molecular weight excluding hydrogens is 566 g/mol. The van der Waals surface area contributed by atoms with Crippen LogP contribution in [0.25, 0.3) is 10.8 Å². The summed E-state index contributed by atoms with van der Waals surface area (Å²) in [6.45, 7) is 7.89. The fraction of sp³-hybridized carbons (Fsp3) is 0.214. The van der Waals surface area contributed by atoms with E-state index in [0.717, 1.165) is 34.5 Å². The first-order valence-electron chi connectivity index (χ1n) is 12.5. The van der Waals surface area contributed by atoms with Crippen LogP contribution in [0.2, 0.25) is 0 Å². The molecule has 0 unspecified atom stereocenters. The number of anilines is 1. The molecule has 0 spiro atoms. The highest BCUT2D eigenvalue weighted by atomic mass is 32.2. The van der Waals surface area contributed by atoms with Crippen molar-refractivity contribution in [1.82, 2.24) is 0 Å². The number of phenolic OH excluding ortho intramolecular Hbond substituents is 1. The summed E-state index contributed by atoms with van der Waals surface area (Å²) in [7, 11) is -4.78. The van der Waals surface area contributed by atoms with Gasteiger partial charge in [0.15, 0.2) is 5.75 Å². The summed E-state index contributed by atoms with van der Waals surface area (Å²) in [6.07, 6.45) is 0.842. The number of hydrogen-bond donors (Lipinski definition) is 3. The highest BCUT2D eigenvalue weighted by Gasteiger charge is 2.24. The summed E-state index contributed by atoms with van der Waals surface area (Å²) in [4.78, 5) is 5.21. The van der Waals surface area contributed by atoms with Gasteiger partial charge in [0.2, 0.25) is 0 Å². The molecule has 4 aromatic rings. The number of hydrogen-bond acceptors (Lipinski definition) is 11. The molecule has 0 saturated carbocycles. The van der Waals surface area contributed by atoms with E-state index in [1.807, 2.05) is 32.9 Å². The van der Waals surface area contributed by atoms with Crippen LogP contribution in [0.3, 0.4) is 0 Å². The van der Waals surface area contributed by atoms with Crippen LogP contribution < -0.4 is 5.73 Å². The Kier molecular flexibility index (Phi) is 9.35. The summed E-state index contributed by atoms with van der Waals surface area (Å²) < 4.78 is 39.5. The van der Waals surface area contributed by atoms with Crippen molar-refractivity contribution < 1.29 is 27.3 Å². The zero-order chi connectivity index (χ0) is 29.7. The molecule has 13 heteroatoms. The fourth-order valence-corrected chi connectivity index (χ4v) is 5.00. The van der Waals surface area contributed by atoms with Gasteiger partial charge in [-0.1, -0.05) is 19.1 Å². The number of fused-ring (bicyclic) bond motifs is 1. The molecule has 0 bridgehead atoms. The van der Waals surface area contributed by atoms with Crippen molar-refractivity contribution in [2.24, 2.45) is 20.5 Å². The Bertz CT molecular complexity index is 1760. The average Bonchev–Trinajstić information content (AvgIpc) is 2.92. The molecule has 0 atom stereocenters. The van der Waals surface area contributed by atoms with Gasteiger partial charge in [0.05, 0.1) is 41.1 Å². The zero-order valence-electron chi connectivity index (χ0n) is 22.8. The molecule has 0 aliphatic heterocycles. The molecule has 11 nitrogen and oxygen atoms in total. The Balaban J connectivity index is 1.75. The molecule has 0 fully saturated rings. The minimum absolute atomic E-state index is 0.0555. The normalized spacial score (nSPS) is 12.2. The second kappa shape index (κ2) is 12.7. The molecule has 4 rings (SSSR count). The summed E-state index contributed by atoms with van der Waals surface area (Å²) in [5.74, 6) is -0.565. The third kappa shape index (κ3) is 7.07. The third-order valence-electron chi connectivity index (χ3n) is 6.01. The molecule has 0 aliphatic rings. The number of aryl methyl sites for hydroxylation is 3. The van der Waals surface area contributed by atoms with Crippen LogP contribution in [0.5, 0.6) is 5.75 Å². The quantitative estimate of drug-likeness (QED) is 0.0312. The van der Waals surface area contributed by atoms with E-state index >= 15 is 0 Å². The fourth-order valence-electron chi connectivity index (χ4n) is 3.90. The maximum absolute atomic E-state index is 12.3. The minimum Gasteiger partial charge on any atom is -0.505 e. The van der Waals surface area contributed by atoms with Crippen molar-refractivity contribution in [3.8, 4) is 5.75 Å². The highest BCUT2D eigenvalue weighted by molar-refractivity contribution is 7.94. The molecule has 0 heterocycles. The van der Waals surface area contributed by atoms with Crippen LogP contribution >= 0.6 is 12.0 Å². The number of benzene rings is 4. The van der Waals surface area contributed by atoms with Crippen LogP contribution in [0, 0.1) is 20.8 Å². The molecule has 0 aromatic heterocycles. The molecule has 41 heavy (non-hydrogen) atoms. The van der Waals surface area contributed by atoms with Crippen molar-refractivity contribution in [2.75, 3.05) is 12.3 Å². The smallest absolute Gasteiger partial charge is 0.296 e. The SMILES string of the molecule is CCCOOSc1ccc(N=Nc2c(C)cc3cc(S(=O)(=O)O)c(N=Nc4cc(C)ccc4C)c(O)c3c2N)cc1. The van der Waals surface area contributed by atoms with Crippen molar-refractivity contribution >= 4 is 61.4 Å². The third-order valence-corrected chi connectivity index (χ3v) is 7.50. The lowest BCUT2D eigenvalue weighted by molar-refractivity contribution is -0.190. The van der Waals surface area contributed by atoms with E-state index in [9.17, 15) is 18.1 Å². The molecule has 214 valence electrons. The average molecular weight is 596 g/mol. The van der Waals surface area contributed by atoms with Gasteiger partial charge in [0.1, 0.15) is 16.3 Å². The van der Waals surface area contributed by atoms with Gasteiger partial charge in [-0.25, -0.2) is 4.89 Å². The van der Waals surface area contributed by atoms with E-state index in [2.05, 4.69) is 20.5 Å². The van der Waals surface area contributed by atoms with E-state index in [-0.39, 0.29) is 22.1 Å². The second-order valence-electron chi connectivity index (χ2n) is 9.26. The number of rotatable bonds is 10. The molecule has 4 N–H and O–H groups in total. The lowest BCUT2D eigenvalue weighted by Crippen LogP contribution is -2.00. The lowest BCUT2D eigenvalue weighted by atomic mass is 10.0. The Morgan fingerprint density at radius 3 is 2.29 bits per heavy atom. The van der Waals surface area contributed by atoms with Crippen LogP contribution in [-0.2, 0) is 19.3 Å². The molecule has 0 aliphatic carbocycles. The first kappa shape index (κ1) is 30.1. The maximum Gasteiger partial charge on any atom is 0.296 e. The maximum atomic E-state index is 12.3. The van der Waals surface area contributed by atoms with Gasteiger partial charge in [0, 0.05) is 4.90 Å². The molecule has 0 radical (unpaired) electrons. The number of azo groups is 2. The lowest BCUT2D eigenvalue weighted by Gasteiger charge is -2.13. The van der Waals surface area contributed by atoms with Crippen molar-refractivity contribution in [2.45, 2.75) is 43.9 Å². The Morgan fingerprint density at radius 1 is 0.902 bits per heavy atom. The van der Waals surface area contributed by atoms with Crippen molar-refractivity contribution in [3.63, 3.8) is 0 Å². The second-order valence-corrected chi connectivity index (χ2v) is 11.4. The Hall–Kier alpha value is -3.88. The van der Waals surface area contributed by atoms with Crippen LogP contribution in [0.15, 0.2) is 84.8 Å². The van der Waals surface area contributed by atoms with E-state index in [1.54, 1.807) is 43.3 Å². The number of nitrogens with zero attached hydrogens (tertiary/aromatic N) is 4. The minimum atomic E-state index is -4.78. The standard InChI is InChI=1S/C28H29N5O6S2/c1-5-12-38-39-40-21-10-8-20(9-11-21)30-32-26-18(4)14-19-15-23(41(35,36)37)27(28(34)24(19)25(26)29)33-31-22-13-16(2)6-7-17(22)3/h6-11,13-15,34H,5,12,29H2,1-4H3,(H,35,36,37). The van der Waals surface area contributed by atoms with Gasteiger partial charge in [-0.05, 0) is 91.7 Å². The van der Waals surface area contributed by atoms with Crippen LogP contribution in [0.4, 0.5) is 28.4 Å². The predicted octanol–water partition coefficient (Wildman–Crippen LogP) is 8.50. The van der Waals surface area contributed by atoms with Crippen LogP contribution in [-0.4, -0.2) is 24.7 Å². The first-order chi connectivity index (χ1) is 19.5. The van der Waals surface area contributed by atoms with Crippen LogP contribution in [0.1, 0.15) is 30.0 Å². The molecule has 4 aromatic carbocycles. The first-order valence-corrected chi connectivity index (χ1v) is 14.7. The number of aromatic hydroxyl groups is 1.